The lowest BCUT2D eigenvalue weighted by atomic mass is 9.89. The number of nitrogens with two attached hydrogens (primary N) is 1. The molecule has 3 N–H and O–H groups in total. The smallest absolute Gasteiger partial charge is 0.0631 e. The lowest BCUT2D eigenvalue weighted by Gasteiger charge is -2.24. The molecule has 1 fully saturated rings. The fourth-order valence-corrected chi connectivity index (χ4v) is 1.75. The number of hydrogen-bond donors (Lipinski definition) is 2. The van der Waals surface area contributed by atoms with E-state index >= 15 is 0 Å². The first-order valence-electron chi connectivity index (χ1n) is 4.75. The normalized spacial score (nSPS) is 28.8. The van der Waals surface area contributed by atoms with Gasteiger partial charge in [-0.05, 0) is 25.3 Å². The topological polar surface area (TPSA) is 55.5 Å². The van der Waals surface area contributed by atoms with Crippen molar-refractivity contribution >= 4 is 0 Å². The van der Waals surface area contributed by atoms with Crippen molar-refractivity contribution in [1.29, 1.82) is 0 Å². The van der Waals surface area contributed by atoms with E-state index < -0.39 is 0 Å². The first kappa shape index (κ1) is 9.96. The molecular formula is C9H19NO2. The van der Waals surface area contributed by atoms with Crippen LogP contribution in [0.2, 0.25) is 0 Å². The molecule has 3 atom stereocenters. The number of hydrogen-bond acceptors (Lipinski definition) is 3. The average molecular weight is 173 g/mol. The van der Waals surface area contributed by atoms with Crippen molar-refractivity contribution in [3.8, 4) is 0 Å². The first-order chi connectivity index (χ1) is 5.79. The second-order valence-electron chi connectivity index (χ2n) is 3.52. The Morgan fingerprint density at radius 1 is 1.67 bits per heavy atom. The van der Waals surface area contributed by atoms with Crippen LogP contribution >= 0.6 is 0 Å². The Hall–Kier alpha value is -0.120. The summed E-state index contributed by atoms with van der Waals surface area (Å²) in [6, 6.07) is 0. The molecule has 0 radical (unpaired) electrons. The fourth-order valence-electron chi connectivity index (χ4n) is 1.75. The van der Waals surface area contributed by atoms with Gasteiger partial charge in [0.25, 0.3) is 0 Å². The lowest BCUT2D eigenvalue weighted by molar-refractivity contribution is 0.0445. The molecule has 1 heterocycles. The van der Waals surface area contributed by atoms with Gasteiger partial charge in [-0.15, -0.1) is 0 Å². The molecule has 0 spiro atoms. The van der Waals surface area contributed by atoms with Crippen LogP contribution in [0.4, 0.5) is 0 Å². The van der Waals surface area contributed by atoms with Crippen molar-refractivity contribution in [3.63, 3.8) is 0 Å². The third-order valence-corrected chi connectivity index (χ3v) is 2.76. The molecule has 0 aromatic heterocycles. The quantitative estimate of drug-likeness (QED) is 0.645. The van der Waals surface area contributed by atoms with E-state index in [0.717, 1.165) is 19.4 Å². The molecule has 0 aromatic carbocycles. The Morgan fingerprint density at radius 2 is 2.42 bits per heavy atom. The number of rotatable bonds is 4. The maximum absolute atomic E-state index is 9.85. The largest absolute Gasteiger partial charge is 0.392 e. The molecular weight excluding hydrogens is 154 g/mol. The maximum atomic E-state index is 9.85. The highest BCUT2D eigenvalue weighted by Crippen LogP contribution is 2.23. The second-order valence-corrected chi connectivity index (χ2v) is 3.52. The number of ether oxygens (including phenoxy) is 1. The van der Waals surface area contributed by atoms with Gasteiger partial charge in [-0.25, -0.2) is 0 Å². The standard InChI is InChI=1S/C9H19NO2/c1-2-7(5-10)9(11)8-3-4-12-6-8/h7-9,11H,2-6,10H2,1H3. The number of aliphatic hydroxyl groups excluding tert-OH is 1. The Kier molecular flexibility index (Phi) is 3.98. The summed E-state index contributed by atoms with van der Waals surface area (Å²) in [7, 11) is 0. The van der Waals surface area contributed by atoms with Crippen LogP contribution in [-0.2, 0) is 4.74 Å². The molecule has 0 bridgehead atoms. The summed E-state index contributed by atoms with van der Waals surface area (Å²) < 4.78 is 5.22. The predicted octanol–water partition coefficient (Wildman–Crippen LogP) is 0.369. The molecule has 0 amide bonds. The van der Waals surface area contributed by atoms with Crippen LogP contribution in [0, 0.1) is 11.8 Å². The highest BCUT2D eigenvalue weighted by molar-refractivity contribution is 4.78. The summed E-state index contributed by atoms with van der Waals surface area (Å²) in [6.45, 7) is 4.14. The molecule has 12 heavy (non-hydrogen) atoms. The molecule has 1 aliphatic heterocycles. The van der Waals surface area contributed by atoms with Crippen LogP contribution < -0.4 is 5.73 Å². The monoisotopic (exact) mass is 173 g/mol. The van der Waals surface area contributed by atoms with Crippen LogP contribution in [0.5, 0.6) is 0 Å². The zero-order valence-corrected chi connectivity index (χ0v) is 7.70. The minimum atomic E-state index is -0.262. The van der Waals surface area contributed by atoms with Gasteiger partial charge in [0.2, 0.25) is 0 Å². The average Bonchev–Trinajstić information content (AvgIpc) is 2.58. The van der Waals surface area contributed by atoms with E-state index in [-0.39, 0.29) is 12.0 Å². The van der Waals surface area contributed by atoms with Gasteiger partial charge in [-0.1, -0.05) is 6.92 Å². The van der Waals surface area contributed by atoms with Crippen molar-refractivity contribution in [2.75, 3.05) is 19.8 Å². The Morgan fingerprint density at radius 3 is 2.83 bits per heavy atom. The zero-order valence-electron chi connectivity index (χ0n) is 7.70. The van der Waals surface area contributed by atoms with Gasteiger partial charge < -0.3 is 15.6 Å². The van der Waals surface area contributed by atoms with E-state index in [0.29, 0.717) is 19.1 Å². The van der Waals surface area contributed by atoms with E-state index in [4.69, 9.17) is 10.5 Å². The summed E-state index contributed by atoms with van der Waals surface area (Å²) in [5, 5.41) is 9.85. The van der Waals surface area contributed by atoms with Crippen LogP contribution in [-0.4, -0.2) is 31.0 Å². The summed E-state index contributed by atoms with van der Waals surface area (Å²) >= 11 is 0. The van der Waals surface area contributed by atoms with Gasteiger partial charge in [0.05, 0.1) is 12.7 Å². The Labute approximate surface area is 73.9 Å². The van der Waals surface area contributed by atoms with Crippen molar-refractivity contribution in [1.82, 2.24) is 0 Å². The number of aliphatic hydroxyl groups is 1. The molecule has 0 aliphatic carbocycles. The molecule has 0 aromatic rings. The molecule has 1 saturated heterocycles. The molecule has 1 aliphatic rings. The van der Waals surface area contributed by atoms with Crippen LogP contribution in [0.25, 0.3) is 0 Å². The van der Waals surface area contributed by atoms with Gasteiger partial charge in [-0.3, -0.25) is 0 Å². The summed E-state index contributed by atoms with van der Waals surface area (Å²) in [5.74, 6) is 0.565. The summed E-state index contributed by atoms with van der Waals surface area (Å²) in [6.07, 6.45) is 1.67. The fraction of sp³-hybridized carbons (Fsp3) is 1.00. The van der Waals surface area contributed by atoms with Crippen molar-refractivity contribution < 1.29 is 9.84 Å². The lowest BCUT2D eigenvalue weighted by Crippen LogP contribution is -2.33. The third kappa shape index (κ3) is 2.19. The van der Waals surface area contributed by atoms with E-state index in [1.165, 1.54) is 0 Å². The van der Waals surface area contributed by atoms with Crippen LogP contribution in [0.3, 0.4) is 0 Å². The maximum Gasteiger partial charge on any atom is 0.0631 e. The van der Waals surface area contributed by atoms with Gasteiger partial charge >= 0.3 is 0 Å². The first-order valence-corrected chi connectivity index (χ1v) is 4.75. The van der Waals surface area contributed by atoms with Crippen molar-refractivity contribution in [2.24, 2.45) is 17.6 Å². The second kappa shape index (κ2) is 4.80. The van der Waals surface area contributed by atoms with Crippen molar-refractivity contribution in [3.05, 3.63) is 0 Å². The molecule has 3 nitrogen and oxygen atoms in total. The van der Waals surface area contributed by atoms with Gasteiger partial charge in [0.1, 0.15) is 0 Å². The van der Waals surface area contributed by atoms with Gasteiger partial charge in [-0.2, -0.15) is 0 Å². The van der Waals surface area contributed by atoms with E-state index in [9.17, 15) is 5.11 Å². The van der Waals surface area contributed by atoms with Crippen LogP contribution in [0.15, 0.2) is 0 Å². The molecule has 3 unspecified atom stereocenters. The van der Waals surface area contributed by atoms with E-state index in [1.807, 2.05) is 0 Å². The highest BCUT2D eigenvalue weighted by atomic mass is 16.5. The molecule has 0 saturated carbocycles. The predicted molar refractivity (Wildman–Crippen MR) is 47.8 cm³/mol. The van der Waals surface area contributed by atoms with E-state index in [2.05, 4.69) is 6.92 Å². The third-order valence-electron chi connectivity index (χ3n) is 2.76. The highest BCUT2D eigenvalue weighted by Gasteiger charge is 2.28. The van der Waals surface area contributed by atoms with Crippen molar-refractivity contribution in [2.45, 2.75) is 25.9 Å². The summed E-state index contributed by atoms with van der Waals surface area (Å²) in [5.41, 5.74) is 5.55. The van der Waals surface area contributed by atoms with E-state index in [1.54, 1.807) is 0 Å². The molecule has 72 valence electrons. The minimum Gasteiger partial charge on any atom is -0.392 e. The van der Waals surface area contributed by atoms with Gasteiger partial charge in [0, 0.05) is 12.5 Å². The Balaban J connectivity index is 2.37. The Bertz CT molecular complexity index is 118. The zero-order chi connectivity index (χ0) is 8.97. The minimum absolute atomic E-state index is 0.247. The SMILES string of the molecule is CCC(CN)C(O)C1CCOC1. The molecule has 3 heteroatoms. The van der Waals surface area contributed by atoms with Gasteiger partial charge in [0.15, 0.2) is 0 Å². The molecule has 1 rings (SSSR count). The summed E-state index contributed by atoms with van der Waals surface area (Å²) in [4.78, 5) is 0. The van der Waals surface area contributed by atoms with Crippen LogP contribution in [0.1, 0.15) is 19.8 Å².